The molecule has 1 aromatic rings. The van der Waals surface area contributed by atoms with Crippen LogP contribution in [0.1, 0.15) is 18.4 Å². The fourth-order valence-corrected chi connectivity index (χ4v) is 2.75. The molecule has 1 saturated heterocycles. The number of carbonyl (C=O) groups excluding carboxylic acids is 1. The number of rotatable bonds is 5. The van der Waals surface area contributed by atoms with Crippen molar-refractivity contribution in [3.05, 3.63) is 22.7 Å². The average molecular weight is 327 g/mol. The number of aryl methyl sites for hydroxylation is 1. The molecule has 0 bridgehead atoms. The van der Waals surface area contributed by atoms with Gasteiger partial charge in [0.1, 0.15) is 11.8 Å². The van der Waals surface area contributed by atoms with Crippen LogP contribution in [0.25, 0.3) is 0 Å². The summed E-state index contributed by atoms with van der Waals surface area (Å²) in [5.41, 5.74) is 1.35. The summed E-state index contributed by atoms with van der Waals surface area (Å²) >= 11 is 6.03. The van der Waals surface area contributed by atoms with Crippen LogP contribution < -0.4 is 10.1 Å². The Bertz CT molecular complexity index is 591. The predicted octanol–water partition coefficient (Wildman–Crippen LogP) is 2.14. The Labute approximate surface area is 134 Å². The first-order valence-corrected chi connectivity index (χ1v) is 7.41. The molecule has 1 fully saturated rings. The van der Waals surface area contributed by atoms with Gasteiger partial charge in [-0.3, -0.25) is 14.5 Å². The van der Waals surface area contributed by atoms with E-state index in [9.17, 15) is 9.59 Å². The van der Waals surface area contributed by atoms with Crippen molar-refractivity contribution >= 4 is 29.2 Å². The third kappa shape index (κ3) is 3.69. The third-order valence-electron chi connectivity index (χ3n) is 3.75. The average Bonchev–Trinajstić information content (AvgIpc) is 2.90. The Morgan fingerprint density at radius 1 is 1.50 bits per heavy atom. The quantitative estimate of drug-likeness (QED) is 0.866. The molecule has 0 unspecified atom stereocenters. The van der Waals surface area contributed by atoms with Crippen molar-refractivity contribution in [1.29, 1.82) is 0 Å². The van der Waals surface area contributed by atoms with Crippen molar-refractivity contribution < 1.29 is 19.4 Å². The van der Waals surface area contributed by atoms with Crippen LogP contribution >= 0.6 is 11.6 Å². The highest BCUT2D eigenvalue weighted by molar-refractivity contribution is 6.31. The molecule has 0 radical (unpaired) electrons. The van der Waals surface area contributed by atoms with E-state index in [1.807, 2.05) is 6.92 Å². The Morgan fingerprint density at radius 2 is 2.23 bits per heavy atom. The smallest absolute Gasteiger partial charge is 0.320 e. The largest absolute Gasteiger partial charge is 0.495 e. The third-order valence-corrected chi connectivity index (χ3v) is 4.16. The Kier molecular flexibility index (Phi) is 5.26. The lowest BCUT2D eigenvalue weighted by Crippen LogP contribution is -2.40. The maximum atomic E-state index is 12.2. The van der Waals surface area contributed by atoms with Crippen LogP contribution in [0, 0.1) is 6.92 Å². The molecule has 6 nitrogen and oxygen atoms in total. The fraction of sp³-hybridized carbons (Fsp3) is 0.467. The number of hydrogen-bond donors (Lipinski definition) is 2. The van der Waals surface area contributed by atoms with Crippen molar-refractivity contribution in [2.45, 2.75) is 25.8 Å². The lowest BCUT2D eigenvalue weighted by atomic mass is 10.2. The summed E-state index contributed by atoms with van der Waals surface area (Å²) in [6.45, 7) is 2.49. The maximum Gasteiger partial charge on any atom is 0.320 e. The van der Waals surface area contributed by atoms with E-state index in [0.29, 0.717) is 29.4 Å². The minimum Gasteiger partial charge on any atom is -0.495 e. The molecule has 1 heterocycles. The number of likely N-dealkylation sites (tertiary alicyclic amines) is 1. The van der Waals surface area contributed by atoms with Gasteiger partial charge in [-0.1, -0.05) is 11.6 Å². The number of ether oxygens (including phenoxy) is 1. The van der Waals surface area contributed by atoms with Gasteiger partial charge in [0, 0.05) is 11.1 Å². The van der Waals surface area contributed by atoms with Gasteiger partial charge in [0.05, 0.1) is 19.3 Å². The number of hydrogen-bond acceptors (Lipinski definition) is 4. The van der Waals surface area contributed by atoms with Gasteiger partial charge >= 0.3 is 5.97 Å². The predicted molar refractivity (Wildman–Crippen MR) is 83.6 cm³/mol. The second kappa shape index (κ2) is 6.98. The number of carboxylic acid groups (broad SMARTS) is 1. The zero-order valence-corrected chi connectivity index (χ0v) is 13.3. The van der Waals surface area contributed by atoms with E-state index in [1.165, 1.54) is 7.11 Å². The molecule has 7 heteroatoms. The summed E-state index contributed by atoms with van der Waals surface area (Å²) in [6.07, 6.45) is 1.36. The molecular weight excluding hydrogens is 308 g/mol. The molecule has 22 heavy (non-hydrogen) atoms. The molecule has 0 saturated carbocycles. The summed E-state index contributed by atoms with van der Waals surface area (Å²) in [7, 11) is 1.50. The Balaban J connectivity index is 2.06. The standard InChI is InChI=1S/C15H19ClN2O4/c1-9-6-11(13(22-2)7-10(9)16)17-14(19)8-18-5-3-4-12(18)15(20)21/h6-7,12H,3-5,8H2,1-2H3,(H,17,19)(H,20,21)/t12-/m1/s1. The SMILES string of the molecule is COc1cc(Cl)c(C)cc1NC(=O)CN1CCC[C@@H]1C(=O)O. The summed E-state index contributed by atoms with van der Waals surface area (Å²) < 4.78 is 5.20. The highest BCUT2D eigenvalue weighted by atomic mass is 35.5. The minimum absolute atomic E-state index is 0.0434. The molecule has 0 spiro atoms. The van der Waals surface area contributed by atoms with E-state index in [4.69, 9.17) is 21.4 Å². The molecule has 2 rings (SSSR count). The molecule has 0 aliphatic carbocycles. The molecule has 120 valence electrons. The van der Waals surface area contributed by atoms with Crippen LogP contribution in [0.3, 0.4) is 0 Å². The number of halogens is 1. The van der Waals surface area contributed by atoms with Gasteiger partial charge in [-0.2, -0.15) is 0 Å². The van der Waals surface area contributed by atoms with E-state index in [-0.39, 0.29) is 12.5 Å². The van der Waals surface area contributed by atoms with Crippen LogP contribution in [0.2, 0.25) is 5.02 Å². The van der Waals surface area contributed by atoms with Crippen molar-refractivity contribution in [3.63, 3.8) is 0 Å². The highest BCUT2D eigenvalue weighted by Crippen LogP contribution is 2.31. The minimum atomic E-state index is -0.884. The molecule has 1 atom stereocenters. The number of aliphatic carboxylic acids is 1. The molecule has 2 N–H and O–H groups in total. The first-order valence-electron chi connectivity index (χ1n) is 7.03. The second-order valence-corrected chi connectivity index (χ2v) is 5.72. The van der Waals surface area contributed by atoms with Gasteiger partial charge < -0.3 is 15.2 Å². The van der Waals surface area contributed by atoms with E-state index in [0.717, 1.165) is 12.0 Å². The summed E-state index contributed by atoms with van der Waals surface area (Å²) in [5, 5.41) is 12.4. The number of carbonyl (C=O) groups is 2. The lowest BCUT2D eigenvalue weighted by Gasteiger charge is -2.20. The number of amides is 1. The van der Waals surface area contributed by atoms with E-state index >= 15 is 0 Å². The van der Waals surface area contributed by atoms with Crippen molar-refractivity contribution in [2.75, 3.05) is 25.5 Å². The molecule has 1 aromatic carbocycles. The summed E-state index contributed by atoms with van der Waals surface area (Å²) in [5.74, 6) is -0.682. The normalized spacial score (nSPS) is 18.2. The fourth-order valence-electron chi connectivity index (χ4n) is 2.60. The zero-order valence-electron chi connectivity index (χ0n) is 12.6. The summed E-state index contributed by atoms with van der Waals surface area (Å²) in [4.78, 5) is 25.0. The van der Waals surface area contributed by atoms with Gasteiger partial charge in [-0.05, 0) is 37.9 Å². The van der Waals surface area contributed by atoms with Crippen LogP contribution in [0.15, 0.2) is 12.1 Å². The van der Waals surface area contributed by atoms with Crippen LogP contribution in [-0.2, 0) is 9.59 Å². The lowest BCUT2D eigenvalue weighted by molar-refractivity contribution is -0.142. The van der Waals surface area contributed by atoms with Gasteiger partial charge in [-0.25, -0.2) is 0 Å². The number of nitrogens with zero attached hydrogens (tertiary/aromatic N) is 1. The van der Waals surface area contributed by atoms with Gasteiger partial charge in [0.25, 0.3) is 0 Å². The molecular formula is C15H19ClN2O4. The molecule has 0 aromatic heterocycles. The molecule has 1 aliphatic rings. The number of methoxy groups -OCH3 is 1. The Morgan fingerprint density at radius 3 is 2.86 bits per heavy atom. The number of anilines is 1. The first kappa shape index (κ1) is 16.6. The van der Waals surface area contributed by atoms with Gasteiger partial charge in [0.15, 0.2) is 0 Å². The zero-order chi connectivity index (χ0) is 16.3. The molecule has 1 amide bonds. The van der Waals surface area contributed by atoms with E-state index in [2.05, 4.69) is 5.32 Å². The highest BCUT2D eigenvalue weighted by Gasteiger charge is 2.31. The monoisotopic (exact) mass is 326 g/mol. The second-order valence-electron chi connectivity index (χ2n) is 5.32. The van der Waals surface area contributed by atoms with Crippen LogP contribution in [-0.4, -0.2) is 48.1 Å². The molecule has 1 aliphatic heterocycles. The van der Waals surface area contributed by atoms with Crippen LogP contribution in [0.5, 0.6) is 5.75 Å². The number of carboxylic acids is 1. The van der Waals surface area contributed by atoms with E-state index in [1.54, 1.807) is 17.0 Å². The van der Waals surface area contributed by atoms with Crippen LogP contribution in [0.4, 0.5) is 5.69 Å². The van der Waals surface area contributed by atoms with E-state index < -0.39 is 12.0 Å². The van der Waals surface area contributed by atoms with Gasteiger partial charge in [-0.15, -0.1) is 0 Å². The van der Waals surface area contributed by atoms with Crippen molar-refractivity contribution in [2.24, 2.45) is 0 Å². The van der Waals surface area contributed by atoms with Crippen molar-refractivity contribution in [1.82, 2.24) is 4.90 Å². The number of nitrogens with one attached hydrogen (secondary N) is 1. The Hall–Kier alpha value is -1.79. The first-order chi connectivity index (χ1) is 10.4. The van der Waals surface area contributed by atoms with Crippen molar-refractivity contribution in [3.8, 4) is 5.75 Å². The maximum absolute atomic E-state index is 12.2. The topological polar surface area (TPSA) is 78.9 Å². The number of benzene rings is 1. The van der Waals surface area contributed by atoms with Gasteiger partial charge in [0.2, 0.25) is 5.91 Å². The summed E-state index contributed by atoms with van der Waals surface area (Å²) in [6, 6.07) is 2.79.